The van der Waals surface area contributed by atoms with Gasteiger partial charge in [-0.2, -0.15) is 0 Å². The summed E-state index contributed by atoms with van der Waals surface area (Å²) >= 11 is 5.55. The molecule has 1 aromatic rings. The summed E-state index contributed by atoms with van der Waals surface area (Å²) in [5.41, 5.74) is 2.14. The number of hydrogen-bond acceptors (Lipinski definition) is 1. The molecule has 0 amide bonds. The lowest BCUT2D eigenvalue weighted by Crippen LogP contribution is -1.91. The van der Waals surface area contributed by atoms with Crippen molar-refractivity contribution in [2.24, 2.45) is 0 Å². The number of halogens is 1. The zero-order valence-corrected chi connectivity index (χ0v) is 6.73. The van der Waals surface area contributed by atoms with Crippen molar-refractivity contribution in [2.45, 2.75) is 13.3 Å². The van der Waals surface area contributed by atoms with Crippen molar-refractivity contribution in [2.75, 3.05) is 5.88 Å². The molecule has 0 bridgehead atoms. The van der Waals surface area contributed by atoms with E-state index in [9.17, 15) is 0 Å². The zero-order chi connectivity index (χ0) is 7.40. The predicted octanol–water partition coefficient (Wildman–Crippen LogP) is 2.17. The second kappa shape index (κ2) is 3.57. The highest BCUT2D eigenvalue weighted by molar-refractivity contribution is 6.17. The van der Waals surface area contributed by atoms with Gasteiger partial charge in [0, 0.05) is 23.7 Å². The van der Waals surface area contributed by atoms with Crippen LogP contribution in [0.3, 0.4) is 0 Å². The summed E-state index contributed by atoms with van der Waals surface area (Å²) in [7, 11) is 0. The normalized spacial score (nSPS) is 9.80. The molecule has 0 aliphatic rings. The lowest BCUT2D eigenvalue weighted by atomic mass is 10.3. The van der Waals surface area contributed by atoms with Crippen LogP contribution in [0.25, 0.3) is 0 Å². The molecule has 0 aliphatic carbocycles. The SMILES string of the molecule is Cc1cccc(CCCl)n1. The van der Waals surface area contributed by atoms with Crippen molar-refractivity contribution >= 4 is 11.6 Å². The number of pyridine rings is 1. The first-order valence-corrected chi connectivity index (χ1v) is 3.85. The zero-order valence-electron chi connectivity index (χ0n) is 5.97. The van der Waals surface area contributed by atoms with E-state index in [1.165, 1.54) is 0 Å². The monoisotopic (exact) mass is 155 g/mol. The molecule has 2 heteroatoms. The second-order valence-corrected chi connectivity index (χ2v) is 2.59. The van der Waals surface area contributed by atoms with Gasteiger partial charge in [0.15, 0.2) is 0 Å². The molecule has 0 radical (unpaired) electrons. The molecule has 0 aliphatic heterocycles. The van der Waals surface area contributed by atoms with E-state index in [0.717, 1.165) is 17.8 Å². The quantitative estimate of drug-likeness (QED) is 0.597. The van der Waals surface area contributed by atoms with E-state index >= 15 is 0 Å². The van der Waals surface area contributed by atoms with Gasteiger partial charge in [0.2, 0.25) is 0 Å². The lowest BCUT2D eigenvalue weighted by Gasteiger charge is -1.96. The molecule has 0 aromatic carbocycles. The van der Waals surface area contributed by atoms with Crippen molar-refractivity contribution in [3.05, 3.63) is 29.6 Å². The Labute approximate surface area is 66.0 Å². The largest absolute Gasteiger partial charge is 0.258 e. The average Bonchev–Trinajstić information content (AvgIpc) is 1.88. The molecule has 54 valence electrons. The Morgan fingerprint density at radius 3 is 2.90 bits per heavy atom. The van der Waals surface area contributed by atoms with Gasteiger partial charge in [-0.15, -0.1) is 11.6 Å². The first-order chi connectivity index (χ1) is 4.83. The Morgan fingerprint density at radius 1 is 1.50 bits per heavy atom. The van der Waals surface area contributed by atoms with Gasteiger partial charge in [0.25, 0.3) is 0 Å². The van der Waals surface area contributed by atoms with Crippen LogP contribution in [0.1, 0.15) is 11.4 Å². The van der Waals surface area contributed by atoms with Crippen molar-refractivity contribution in [3.8, 4) is 0 Å². The van der Waals surface area contributed by atoms with Crippen LogP contribution in [0.4, 0.5) is 0 Å². The third-order valence-corrected chi connectivity index (χ3v) is 1.49. The molecule has 10 heavy (non-hydrogen) atoms. The Balaban J connectivity index is 2.75. The summed E-state index contributed by atoms with van der Waals surface area (Å²) in [6.45, 7) is 1.98. The number of aryl methyl sites for hydroxylation is 2. The van der Waals surface area contributed by atoms with Crippen LogP contribution in [-0.2, 0) is 6.42 Å². The van der Waals surface area contributed by atoms with Gasteiger partial charge in [-0.1, -0.05) is 6.07 Å². The molecular formula is C8H10ClN. The minimum Gasteiger partial charge on any atom is -0.258 e. The van der Waals surface area contributed by atoms with Gasteiger partial charge < -0.3 is 0 Å². The molecule has 1 heterocycles. The van der Waals surface area contributed by atoms with E-state index in [4.69, 9.17) is 11.6 Å². The molecule has 0 saturated carbocycles. The predicted molar refractivity (Wildman–Crippen MR) is 43.4 cm³/mol. The Kier molecular flexibility index (Phi) is 2.69. The molecule has 1 nitrogen and oxygen atoms in total. The fraction of sp³-hybridized carbons (Fsp3) is 0.375. The molecule has 1 aromatic heterocycles. The Morgan fingerprint density at radius 2 is 2.30 bits per heavy atom. The fourth-order valence-electron chi connectivity index (χ4n) is 0.836. The first kappa shape index (κ1) is 7.55. The van der Waals surface area contributed by atoms with Crippen LogP contribution in [0.15, 0.2) is 18.2 Å². The maximum atomic E-state index is 5.55. The van der Waals surface area contributed by atoms with Crippen molar-refractivity contribution < 1.29 is 0 Å². The van der Waals surface area contributed by atoms with Crippen molar-refractivity contribution in [3.63, 3.8) is 0 Å². The summed E-state index contributed by atoms with van der Waals surface area (Å²) in [6, 6.07) is 5.98. The third kappa shape index (κ3) is 1.99. The Bertz CT molecular complexity index is 210. The van der Waals surface area contributed by atoms with Gasteiger partial charge in [-0.3, -0.25) is 4.98 Å². The standard InChI is InChI=1S/C8H10ClN/c1-7-3-2-4-8(10-7)5-6-9/h2-4H,5-6H2,1H3. The number of aromatic nitrogens is 1. The van der Waals surface area contributed by atoms with Crippen LogP contribution in [-0.4, -0.2) is 10.9 Å². The van der Waals surface area contributed by atoms with Crippen LogP contribution in [0, 0.1) is 6.92 Å². The van der Waals surface area contributed by atoms with Crippen LogP contribution in [0.2, 0.25) is 0 Å². The van der Waals surface area contributed by atoms with E-state index in [0.29, 0.717) is 5.88 Å². The van der Waals surface area contributed by atoms with E-state index in [2.05, 4.69) is 4.98 Å². The van der Waals surface area contributed by atoms with Crippen LogP contribution >= 0.6 is 11.6 Å². The lowest BCUT2D eigenvalue weighted by molar-refractivity contribution is 1.01. The van der Waals surface area contributed by atoms with Gasteiger partial charge in [-0.25, -0.2) is 0 Å². The van der Waals surface area contributed by atoms with Crippen molar-refractivity contribution in [1.29, 1.82) is 0 Å². The minimum atomic E-state index is 0.649. The molecule has 0 saturated heterocycles. The molecule has 0 fully saturated rings. The molecular weight excluding hydrogens is 146 g/mol. The second-order valence-electron chi connectivity index (χ2n) is 2.21. The first-order valence-electron chi connectivity index (χ1n) is 3.31. The summed E-state index contributed by atoms with van der Waals surface area (Å²) in [5, 5.41) is 0. The summed E-state index contributed by atoms with van der Waals surface area (Å²) in [4.78, 5) is 4.28. The molecule has 0 unspecified atom stereocenters. The number of rotatable bonds is 2. The minimum absolute atomic E-state index is 0.649. The van der Waals surface area contributed by atoms with E-state index in [1.54, 1.807) is 0 Å². The van der Waals surface area contributed by atoms with Gasteiger partial charge in [0.1, 0.15) is 0 Å². The topological polar surface area (TPSA) is 12.9 Å². The molecule has 0 atom stereocenters. The maximum absolute atomic E-state index is 5.55. The van der Waals surface area contributed by atoms with E-state index in [1.807, 2.05) is 25.1 Å². The highest BCUT2D eigenvalue weighted by atomic mass is 35.5. The number of alkyl halides is 1. The van der Waals surface area contributed by atoms with E-state index in [-0.39, 0.29) is 0 Å². The van der Waals surface area contributed by atoms with Gasteiger partial charge in [0.05, 0.1) is 0 Å². The van der Waals surface area contributed by atoms with Crippen molar-refractivity contribution in [1.82, 2.24) is 4.98 Å². The number of hydrogen-bond donors (Lipinski definition) is 0. The fourth-order valence-corrected chi connectivity index (χ4v) is 1.03. The summed E-state index contributed by atoms with van der Waals surface area (Å²) in [5.74, 6) is 0.649. The highest BCUT2D eigenvalue weighted by Crippen LogP contribution is 1.99. The van der Waals surface area contributed by atoms with Gasteiger partial charge >= 0.3 is 0 Å². The molecule has 1 rings (SSSR count). The third-order valence-electron chi connectivity index (χ3n) is 1.30. The van der Waals surface area contributed by atoms with Crippen LogP contribution in [0.5, 0.6) is 0 Å². The highest BCUT2D eigenvalue weighted by Gasteiger charge is 1.91. The summed E-state index contributed by atoms with van der Waals surface area (Å²) < 4.78 is 0. The number of nitrogens with zero attached hydrogens (tertiary/aromatic N) is 1. The Hall–Kier alpha value is -0.560. The van der Waals surface area contributed by atoms with Gasteiger partial charge in [-0.05, 0) is 19.1 Å². The molecule has 0 N–H and O–H groups in total. The average molecular weight is 156 g/mol. The van der Waals surface area contributed by atoms with Crippen LogP contribution < -0.4 is 0 Å². The van der Waals surface area contributed by atoms with E-state index < -0.39 is 0 Å². The maximum Gasteiger partial charge on any atom is 0.0418 e. The molecule has 0 spiro atoms. The smallest absolute Gasteiger partial charge is 0.0418 e. The summed E-state index contributed by atoms with van der Waals surface area (Å²) in [6.07, 6.45) is 0.864.